The smallest absolute Gasteiger partial charge is 0.227 e. The van der Waals surface area contributed by atoms with E-state index in [-0.39, 0.29) is 0 Å². The molecule has 38 heavy (non-hydrogen) atoms. The van der Waals surface area contributed by atoms with Crippen LogP contribution in [0.15, 0.2) is 24.5 Å². The molecule has 0 unspecified atom stereocenters. The van der Waals surface area contributed by atoms with Crippen LogP contribution in [0.1, 0.15) is 75.8 Å². The van der Waals surface area contributed by atoms with Gasteiger partial charge in [-0.15, -0.1) is 0 Å². The molecule has 0 bridgehead atoms. The van der Waals surface area contributed by atoms with Crippen molar-refractivity contribution >= 4 is 46.1 Å². The lowest BCUT2D eigenvalue weighted by atomic mass is 9.92. The van der Waals surface area contributed by atoms with Gasteiger partial charge in [-0.05, 0) is 63.5 Å². The third-order valence-electron chi connectivity index (χ3n) is 8.62. The Bertz CT molecular complexity index is 1220. The highest BCUT2D eigenvalue weighted by Gasteiger charge is 2.26. The van der Waals surface area contributed by atoms with Gasteiger partial charge in [0.05, 0.1) is 6.33 Å². The van der Waals surface area contributed by atoms with Gasteiger partial charge in [-0.25, -0.2) is 4.98 Å². The van der Waals surface area contributed by atoms with Gasteiger partial charge in [0.2, 0.25) is 5.95 Å². The third-order valence-corrected chi connectivity index (χ3v) is 9.32. The number of rotatable bonds is 7. The zero-order chi connectivity index (χ0) is 26.1. The van der Waals surface area contributed by atoms with E-state index in [9.17, 15) is 0 Å². The zero-order valence-corrected chi connectivity index (χ0v) is 23.4. The number of imidazole rings is 1. The second kappa shape index (κ2) is 11.5. The number of halogens is 2. The molecule has 204 valence electrons. The minimum atomic E-state index is 0.317. The molecule has 0 radical (unpaired) electrons. The molecule has 0 atom stereocenters. The predicted molar refractivity (Wildman–Crippen MR) is 155 cm³/mol. The van der Waals surface area contributed by atoms with E-state index in [2.05, 4.69) is 20.1 Å². The lowest BCUT2D eigenvalue weighted by Crippen LogP contribution is -2.39. The number of hydrogen-bond acceptors (Lipinski definition) is 7. The quantitative estimate of drug-likeness (QED) is 0.328. The summed E-state index contributed by atoms with van der Waals surface area (Å²) >= 11 is 12.8. The molecule has 3 heterocycles. The van der Waals surface area contributed by atoms with E-state index in [0.29, 0.717) is 30.1 Å². The number of benzene rings is 1. The first-order chi connectivity index (χ1) is 18.5. The fourth-order valence-corrected chi connectivity index (χ4v) is 6.83. The lowest BCUT2D eigenvalue weighted by molar-refractivity contribution is 0.211. The molecule has 0 spiro atoms. The Labute approximate surface area is 234 Å². The summed E-state index contributed by atoms with van der Waals surface area (Å²) in [5, 5.41) is 8.86. The molecule has 1 aromatic carbocycles. The van der Waals surface area contributed by atoms with E-state index in [1.54, 1.807) is 0 Å². The van der Waals surface area contributed by atoms with Gasteiger partial charge in [0, 0.05) is 59.4 Å². The minimum Gasteiger partial charge on any atom is -0.365 e. The first-order valence-corrected chi connectivity index (χ1v) is 15.0. The van der Waals surface area contributed by atoms with Crippen LogP contribution in [0.2, 0.25) is 10.0 Å². The van der Waals surface area contributed by atoms with Crippen molar-refractivity contribution in [1.82, 2.24) is 24.4 Å². The zero-order valence-electron chi connectivity index (χ0n) is 21.9. The molecule has 0 amide bonds. The van der Waals surface area contributed by atoms with Gasteiger partial charge >= 0.3 is 0 Å². The number of nitrogens with zero attached hydrogens (tertiary/aromatic N) is 5. The number of piperidine rings is 1. The van der Waals surface area contributed by atoms with Crippen molar-refractivity contribution in [3.8, 4) is 0 Å². The first-order valence-electron chi connectivity index (χ1n) is 14.2. The van der Waals surface area contributed by atoms with E-state index in [1.165, 1.54) is 25.7 Å². The topological polar surface area (TPSA) is 96.9 Å². The summed E-state index contributed by atoms with van der Waals surface area (Å²) in [5.74, 6) is 1.54. The average Bonchev–Trinajstić information content (AvgIpc) is 3.59. The van der Waals surface area contributed by atoms with E-state index in [0.717, 1.165) is 90.7 Å². The standard InChI is InChI=1S/C28H38Cl2N8/c29-23-6-3-7-24(30)22(23)16-37-14-12-20(13-15-37)33-26-25-27(38(17-32-25)21-4-1-2-5-21)36-28(35-26)34-19-10-8-18(31)9-11-19/h3,6-7,17-21H,1-2,4-5,8-16,31H2,(H2,33,34,35,36). The van der Waals surface area contributed by atoms with Gasteiger partial charge in [-0.1, -0.05) is 42.1 Å². The number of fused-ring (bicyclic) bond motifs is 1. The molecule has 1 saturated heterocycles. The van der Waals surface area contributed by atoms with Crippen molar-refractivity contribution in [3.05, 3.63) is 40.1 Å². The molecular weight excluding hydrogens is 519 g/mol. The number of anilines is 2. The summed E-state index contributed by atoms with van der Waals surface area (Å²) in [7, 11) is 0. The van der Waals surface area contributed by atoms with Crippen LogP contribution >= 0.6 is 23.2 Å². The monoisotopic (exact) mass is 556 g/mol. The second-order valence-corrected chi connectivity index (χ2v) is 12.1. The van der Waals surface area contributed by atoms with Crippen LogP contribution < -0.4 is 16.4 Å². The van der Waals surface area contributed by atoms with Crippen molar-refractivity contribution in [2.24, 2.45) is 5.73 Å². The second-order valence-electron chi connectivity index (χ2n) is 11.3. The maximum absolute atomic E-state index is 6.42. The summed E-state index contributed by atoms with van der Waals surface area (Å²) in [5.41, 5.74) is 8.96. The molecule has 3 aliphatic rings. The van der Waals surface area contributed by atoms with Crippen LogP contribution in [0.4, 0.5) is 11.8 Å². The van der Waals surface area contributed by atoms with E-state index in [1.807, 2.05) is 24.5 Å². The molecule has 1 aliphatic heterocycles. The van der Waals surface area contributed by atoms with E-state index >= 15 is 0 Å². The number of nitrogens with one attached hydrogen (secondary N) is 2. The van der Waals surface area contributed by atoms with Crippen molar-refractivity contribution in [2.75, 3.05) is 23.7 Å². The number of likely N-dealkylation sites (tertiary alicyclic amines) is 1. The van der Waals surface area contributed by atoms with Gasteiger partial charge in [-0.3, -0.25) is 4.90 Å². The van der Waals surface area contributed by atoms with Crippen molar-refractivity contribution in [2.45, 2.75) is 94.9 Å². The molecule has 3 fully saturated rings. The van der Waals surface area contributed by atoms with Crippen molar-refractivity contribution < 1.29 is 0 Å². The normalized spacial score (nSPS) is 23.8. The molecular formula is C28H38Cl2N8. The Morgan fingerprint density at radius 1 is 0.868 bits per heavy atom. The SMILES string of the molecule is NC1CCC(Nc2nc(NC3CCN(Cc4c(Cl)cccc4Cl)CC3)c3ncn(C4CCCC4)c3n2)CC1. The lowest BCUT2D eigenvalue weighted by Gasteiger charge is -2.33. The van der Waals surface area contributed by atoms with Crippen LogP contribution in [-0.2, 0) is 6.54 Å². The number of hydrogen-bond donors (Lipinski definition) is 3. The Kier molecular flexibility index (Phi) is 7.93. The fourth-order valence-electron chi connectivity index (χ4n) is 6.31. The maximum Gasteiger partial charge on any atom is 0.227 e. The van der Waals surface area contributed by atoms with Crippen LogP contribution in [0, 0.1) is 0 Å². The highest BCUT2D eigenvalue weighted by Crippen LogP contribution is 2.34. The van der Waals surface area contributed by atoms with Gasteiger partial charge < -0.3 is 20.9 Å². The molecule has 2 saturated carbocycles. The summed E-state index contributed by atoms with van der Waals surface area (Å²) in [6.45, 7) is 2.71. The van der Waals surface area contributed by atoms with Gasteiger partial charge in [0.25, 0.3) is 0 Å². The van der Waals surface area contributed by atoms with Gasteiger partial charge in [0.1, 0.15) is 0 Å². The molecule has 2 aromatic heterocycles. The van der Waals surface area contributed by atoms with Gasteiger partial charge in [-0.2, -0.15) is 9.97 Å². The van der Waals surface area contributed by atoms with Crippen LogP contribution in [-0.4, -0.2) is 55.6 Å². The molecule has 2 aliphatic carbocycles. The summed E-state index contributed by atoms with van der Waals surface area (Å²) in [6.07, 6.45) is 13.1. The summed E-state index contributed by atoms with van der Waals surface area (Å²) in [6, 6.07) is 7.20. The summed E-state index contributed by atoms with van der Waals surface area (Å²) < 4.78 is 2.28. The van der Waals surface area contributed by atoms with Crippen LogP contribution in [0.5, 0.6) is 0 Å². The fraction of sp³-hybridized carbons (Fsp3) is 0.607. The van der Waals surface area contributed by atoms with Crippen LogP contribution in [0.3, 0.4) is 0 Å². The van der Waals surface area contributed by atoms with Crippen LogP contribution in [0.25, 0.3) is 11.2 Å². The highest BCUT2D eigenvalue weighted by atomic mass is 35.5. The summed E-state index contributed by atoms with van der Waals surface area (Å²) in [4.78, 5) is 17.2. The van der Waals surface area contributed by atoms with Crippen molar-refractivity contribution in [3.63, 3.8) is 0 Å². The molecule has 3 aromatic rings. The number of aromatic nitrogens is 4. The number of nitrogens with two attached hydrogens (primary N) is 1. The van der Waals surface area contributed by atoms with Crippen molar-refractivity contribution in [1.29, 1.82) is 0 Å². The highest BCUT2D eigenvalue weighted by molar-refractivity contribution is 6.35. The molecule has 10 heteroatoms. The van der Waals surface area contributed by atoms with E-state index < -0.39 is 0 Å². The maximum atomic E-state index is 6.42. The third kappa shape index (κ3) is 5.74. The van der Waals surface area contributed by atoms with Gasteiger partial charge in [0.15, 0.2) is 17.0 Å². The Hall–Kier alpha value is -2.13. The minimum absolute atomic E-state index is 0.317. The Morgan fingerprint density at radius 2 is 1.55 bits per heavy atom. The Morgan fingerprint density at radius 3 is 2.26 bits per heavy atom. The Balaban J connectivity index is 1.18. The van der Waals surface area contributed by atoms with E-state index in [4.69, 9.17) is 43.9 Å². The molecule has 8 nitrogen and oxygen atoms in total. The predicted octanol–water partition coefficient (Wildman–Crippen LogP) is 6.01. The largest absolute Gasteiger partial charge is 0.365 e. The first kappa shape index (κ1) is 26.1. The molecule has 4 N–H and O–H groups in total. The molecule has 6 rings (SSSR count). The average molecular weight is 558 g/mol.